The Bertz CT molecular complexity index is 152. The van der Waals surface area contributed by atoms with Crippen LogP contribution < -0.4 is 0 Å². The molecule has 11 heavy (non-hydrogen) atoms. The van der Waals surface area contributed by atoms with Crippen molar-refractivity contribution in [3.05, 3.63) is 0 Å². The molecule has 1 saturated carbocycles. The largest absolute Gasteiger partial charge is 0.290 e. The molecule has 1 aliphatic carbocycles. The summed E-state index contributed by atoms with van der Waals surface area (Å²) < 4.78 is 0. The highest BCUT2D eigenvalue weighted by molar-refractivity contribution is 9.09. The minimum Gasteiger partial charge on any atom is -0.290 e. The molecule has 0 N–H and O–H groups in total. The summed E-state index contributed by atoms with van der Waals surface area (Å²) in [4.78, 5) is 3.38. The zero-order valence-corrected chi connectivity index (χ0v) is 8.26. The van der Waals surface area contributed by atoms with Gasteiger partial charge in [-0.15, -0.1) is 0 Å². The molecule has 3 atom stereocenters. The Morgan fingerprint density at radius 2 is 1.64 bits per heavy atom. The fourth-order valence-corrected chi connectivity index (χ4v) is 4.14. The van der Waals surface area contributed by atoms with Crippen molar-refractivity contribution in [2.45, 2.75) is 24.2 Å². The molecular formula is C9H14BrN. The molecule has 3 unspecified atom stereocenters. The van der Waals surface area contributed by atoms with E-state index in [4.69, 9.17) is 0 Å². The van der Waals surface area contributed by atoms with Crippen LogP contribution in [-0.2, 0) is 0 Å². The number of nitrogens with zero attached hydrogens (tertiary/aromatic N) is 1. The number of halogens is 1. The SMILES string of the molecule is BrC1C2CC3CC(C2)CN1C3. The monoisotopic (exact) mass is 215 g/mol. The summed E-state index contributed by atoms with van der Waals surface area (Å²) in [7, 11) is 0. The van der Waals surface area contributed by atoms with Crippen LogP contribution in [0, 0.1) is 17.8 Å². The van der Waals surface area contributed by atoms with Gasteiger partial charge in [-0.1, -0.05) is 15.9 Å². The van der Waals surface area contributed by atoms with Gasteiger partial charge >= 0.3 is 0 Å². The van der Waals surface area contributed by atoms with Crippen molar-refractivity contribution in [1.82, 2.24) is 4.90 Å². The first-order valence-electron chi connectivity index (χ1n) is 4.71. The molecule has 4 bridgehead atoms. The molecule has 0 amide bonds. The standard InChI is InChI=1S/C9H14BrN/c10-9-8-2-6-1-7(3-8)5-11(9)4-6/h6-9H,1-5H2. The lowest BCUT2D eigenvalue weighted by molar-refractivity contribution is -0.0285. The zero-order chi connectivity index (χ0) is 7.42. The summed E-state index contributed by atoms with van der Waals surface area (Å²) in [5.74, 6) is 3.10. The van der Waals surface area contributed by atoms with E-state index < -0.39 is 0 Å². The van der Waals surface area contributed by atoms with E-state index in [-0.39, 0.29) is 0 Å². The predicted octanol–water partition coefficient (Wildman–Crippen LogP) is 2.07. The van der Waals surface area contributed by atoms with Gasteiger partial charge < -0.3 is 0 Å². The molecule has 0 spiro atoms. The maximum absolute atomic E-state index is 3.81. The molecule has 2 heteroatoms. The molecule has 4 rings (SSSR count). The van der Waals surface area contributed by atoms with E-state index in [9.17, 15) is 0 Å². The van der Waals surface area contributed by atoms with E-state index in [0.29, 0.717) is 0 Å². The smallest absolute Gasteiger partial charge is 0.0684 e. The average Bonchev–Trinajstić information content (AvgIpc) is 1.98. The summed E-state index contributed by atoms with van der Waals surface area (Å²) in [6.07, 6.45) is 4.54. The Labute approximate surface area is 76.3 Å². The normalized spacial score (nSPS) is 60.3. The van der Waals surface area contributed by atoms with Crippen molar-refractivity contribution in [3.8, 4) is 0 Å². The highest BCUT2D eigenvalue weighted by atomic mass is 79.9. The highest BCUT2D eigenvalue weighted by Crippen LogP contribution is 2.47. The summed E-state index contributed by atoms with van der Waals surface area (Å²) >= 11 is 3.81. The lowest BCUT2D eigenvalue weighted by Crippen LogP contribution is -2.56. The summed E-state index contributed by atoms with van der Waals surface area (Å²) in [6, 6.07) is 0. The lowest BCUT2D eigenvalue weighted by Gasteiger charge is -2.54. The van der Waals surface area contributed by atoms with Gasteiger partial charge in [0.05, 0.1) is 4.95 Å². The number of alkyl halides is 1. The Morgan fingerprint density at radius 1 is 1.00 bits per heavy atom. The molecule has 3 saturated heterocycles. The quantitative estimate of drug-likeness (QED) is 0.442. The van der Waals surface area contributed by atoms with Gasteiger partial charge in [0.25, 0.3) is 0 Å². The molecule has 1 nitrogen and oxygen atoms in total. The van der Waals surface area contributed by atoms with Gasteiger partial charge in [0.2, 0.25) is 0 Å². The number of hydrogen-bond donors (Lipinski definition) is 0. The van der Waals surface area contributed by atoms with Crippen LogP contribution >= 0.6 is 15.9 Å². The van der Waals surface area contributed by atoms with Crippen LogP contribution in [0.25, 0.3) is 0 Å². The minimum absolute atomic E-state index is 0.732. The van der Waals surface area contributed by atoms with Crippen molar-refractivity contribution >= 4 is 15.9 Å². The van der Waals surface area contributed by atoms with Crippen LogP contribution in [0.2, 0.25) is 0 Å². The lowest BCUT2D eigenvalue weighted by atomic mass is 9.68. The predicted molar refractivity (Wildman–Crippen MR) is 48.6 cm³/mol. The zero-order valence-electron chi connectivity index (χ0n) is 6.67. The minimum atomic E-state index is 0.732. The Balaban J connectivity index is 1.91. The molecule has 3 heterocycles. The molecular weight excluding hydrogens is 202 g/mol. The first-order valence-corrected chi connectivity index (χ1v) is 5.62. The van der Waals surface area contributed by atoms with Gasteiger partial charge in [0, 0.05) is 13.1 Å². The molecule has 62 valence electrons. The first kappa shape index (κ1) is 6.90. The van der Waals surface area contributed by atoms with Gasteiger partial charge in [0.15, 0.2) is 0 Å². The van der Waals surface area contributed by atoms with Crippen molar-refractivity contribution in [3.63, 3.8) is 0 Å². The molecule has 4 fully saturated rings. The van der Waals surface area contributed by atoms with Crippen LogP contribution in [0.3, 0.4) is 0 Å². The van der Waals surface area contributed by atoms with Gasteiger partial charge in [-0.05, 0) is 37.0 Å². The van der Waals surface area contributed by atoms with Crippen LogP contribution in [0.5, 0.6) is 0 Å². The maximum Gasteiger partial charge on any atom is 0.0684 e. The maximum atomic E-state index is 3.81. The molecule has 3 aliphatic heterocycles. The van der Waals surface area contributed by atoms with E-state index in [2.05, 4.69) is 20.8 Å². The van der Waals surface area contributed by atoms with Crippen molar-refractivity contribution in [1.29, 1.82) is 0 Å². The summed E-state index contributed by atoms with van der Waals surface area (Å²) in [5.41, 5.74) is 0. The Kier molecular flexibility index (Phi) is 1.40. The number of piperidine rings is 3. The van der Waals surface area contributed by atoms with E-state index in [1.807, 2.05) is 0 Å². The third-order valence-corrected chi connectivity index (χ3v) is 4.99. The number of rotatable bonds is 0. The highest BCUT2D eigenvalue weighted by Gasteiger charge is 2.45. The average molecular weight is 216 g/mol. The second-order valence-electron chi connectivity index (χ2n) is 4.53. The van der Waals surface area contributed by atoms with Gasteiger partial charge in [0.1, 0.15) is 0 Å². The molecule has 4 aliphatic rings. The first-order chi connectivity index (χ1) is 5.33. The Morgan fingerprint density at radius 3 is 2.18 bits per heavy atom. The van der Waals surface area contributed by atoms with Crippen LogP contribution in [0.4, 0.5) is 0 Å². The third kappa shape index (κ3) is 0.919. The van der Waals surface area contributed by atoms with Crippen molar-refractivity contribution in [2.24, 2.45) is 17.8 Å². The molecule has 0 radical (unpaired) electrons. The van der Waals surface area contributed by atoms with E-state index in [1.165, 1.54) is 32.4 Å². The number of hydrogen-bond acceptors (Lipinski definition) is 1. The van der Waals surface area contributed by atoms with E-state index in [0.717, 1.165) is 22.7 Å². The topological polar surface area (TPSA) is 3.24 Å². The molecule has 0 aromatic carbocycles. The fourth-order valence-electron chi connectivity index (χ4n) is 3.38. The van der Waals surface area contributed by atoms with Gasteiger partial charge in [-0.25, -0.2) is 0 Å². The van der Waals surface area contributed by atoms with Crippen LogP contribution in [0.1, 0.15) is 19.3 Å². The van der Waals surface area contributed by atoms with E-state index in [1.54, 1.807) is 0 Å². The third-order valence-electron chi connectivity index (χ3n) is 3.66. The summed E-state index contributed by atoms with van der Waals surface area (Å²) in [5, 5.41) is 0. The fraction of sp³-hybridized carbons (Fsp3) is 1.00. The second-order valence-corrected chi connectivity index (χ2v) is 5.46. The molecule has 0 aromatic heterocycles. The Hall–Kier alpha value is 0.440. The van der Waals surface area contributed by atoms with Gasteiger partial charge in [-0.2, -0.15) is 0 Å². The van der Waals surface area contributed by atoms with Gasteiger partial charge in [-0.3, -0.25) is 4.90 Å². The van der Waals surface area contributed by atoms with Crippen LogP contribution in [0.15, 0.2) is 0 Å². The molecule has 0 aromatic rings. The summed E-state index contributed by atoms with van der Waals surface area (Å²) in [6.45, 7) is 2.76. The van der Waals surface area contributed by atoms with Crippen LogP contribution in [-0.4, -0.2) is 22.9 Å². The van der Waals surface area contributed by atoms with E-state index >= 15 is 0 Å². The second kappa shape index (κ2) is 2.23. The van der Waals surface area contributed by atoms with Crippen molar-refractivity contribution < 1.29 is 0 Å². The van der Waals surface area contributed by atoms with Crippen molar-refractivity contribution in [2.75, 3.05) is 13.1 Å².